The van der Waals surface area contributed by atoms with Gasteiger partial charge in [-0.1, -0.05) is 12.2 Å². The lowest BCUT2D eigenvalue weighted by atomic mass is 10.2. The molecule has 0 aromatic carbocycles. The van der Waals surface area contributed by atoms with Crippen LogP contribution in [-0.4, -0.2) is 21.2 Å². The van der Waals surface area contributed by atoms with E-state index in [4.69, 9.17) is 23.1 Å². The van der Waals surface area contributed by atoms with Gasteiger partial charge in [-0.2, -0.15) is 0 Å². The molecule has 0 saturated carbocycles. The van der Waals surface area contributed by atoms with E-state index in [0.717, 1.165) is 5.56 Å². The fourth-order valence-corrected chi connectivity index (χ4v) is 1.13. The van der Waals surface area contributed by atoms with Crippen molar-refractivity contribution in [2.24, 2.45) is 5.73 Å². The van der Waals surface area contributed by atoms with Gasteiger partial charge in [0, 0.05) is 12.6 Å². The number of nitrogens with one attached hydrogen (secondary N) is 1. The average Bonchev–Trinajstić information content (AvgIpc) is 2.01. The van der Waals surface area contributed by atoms with E-state index in [9.17, 15) is 4.79 Å². The zero-order valence-electron chi connectivity index (χ0n) is 7.23. The summed E-state index contributed by atoms with van der Waals surface area (Å²) in [5.74, 6) is 0.270. The summed E-state index contributed by atoms with van der Waals surface area (Å²) >= 11 is 4.73. The molecule has 0 atom stereocenters. The molecule has 1 aromatic heterocycles. The number of hydrogen-bond donors (Lipinski definition) is 3. The van der Waals surface area contributed by atoms with Gasteiger partial charge in [-0.05, 0) is 17.7 Å². The molecule has 6 heteroatoms. The van der Waals surface area contributed by atoms with Crippen LogP contribution < -0.4 is 11.1 Å². The highest BCUT2D eigenvalue weighted by Crippen LogP contribution is 2.07. The second kappa shape index (κ2) is 4.52. The fourth-order valence-electron chi connectivity index (χ4n) is 0.963. The molecule has 0 spiro atoms. The quantitative estimate of drug-likeness (QED) is 0.649. The molecule has 0 aliphatic heterocycles. The Morgan fingerprint density at radius 3 is 3.00 bits per heavy atom. The van der Waals surface area contributed by atoms with Crippen molar-refractivity contribution in [2.45, 2.75) is 6.42 Å². The van der Waals surface area contributed by atoms with Gasteiger partial charge in [0.25, 0.3) is 0 Å². The van der Waals surface area contributed by atoms with Crippen LogP contribution in [0.4, 0.5) is 10.6 Å². The topological polar surface area (TPSA) is 88.2 Å². The molecule has 0 unspecified atom stereocenters. The summed E-state index contributed by atoms with van der Waals surface area (Å²) in [5.41, 5.74) is 6.18. The van der Waals surface area contributed by atoms with Crippen molar-refractivity contribution in [3.63, 3.8) is 0 Å². The Bertz CT molecular complexity index is 336. The smallest absolute Gasteiger partial charge is 0.410 e. The fraction of sp³-hybridized carbons (Fsp3) is 0.125. The second-order valence-corrected chi connectivity index (χ2v) is 3.15. The lowest BCUT2D eigenvalue weighted by Crippen LogP contribution is -2.12. The number of carboxylic acid groups (broad SMARTS) is 1. The normalized spacial score (nSPS) is 9.43. The third-order valence-electron chi connectivity index (χ3n) is 1.44. The van der Waals surface area contributed by atoms with Gasteiger partial charge in [0.2, 0.25) is 0 Å². The van der Waals surface area contributed by atoms with Gasteiger partial charge >= 0.3 is 6.09 Å². The van der Waals surface area contributed by atoms with Gasteiger partial charge < -0.3 is 10.8 Å². The average molecular weight is 211 g/mol. The van der Waals surface area contributed by atoms with E-state index in [1.54, 1.807) is 12.1 Å². The molecule has 0 radical (unpaired) electrons. The Morgan fingerprint density at radius 1 is 1.71 bits per heavy atom. The van der Waals surface area contributed by atoms with Crippen LogP contribution in [0, 0.1) is 0 Å². The van der Waals surface area contributed by atoms with Gasteiger partial charge in [-0.15, -0.1) is 0 Å². The highest BCUT2D eigenvalue weighted by atomic mass is 32.1. The number of rotatable bonds is 3. The standard InChI is InChI=1S/C8H9N3O2S/c9-6(14)3-5-1-2-10-7(4-5)11-8(12)13/h1-2,4H,3H2,(H2,9,14)(H,10,11)(H,12,13). The number of carbonyl (C=O) groups is 1. The Morgan fingerprint density at radius 2 is 2.43 bits per heavy atom. The molecule has 0 fully saturated rings. The minimum Gasteiger partial charge on any atom is -0.465 e. The number of nitrogens with two attached hydrogens (primary N) is 1. The monoisotopic (exact) mass is 211 g/mol. The van der Waals surface area contributed by atoms with Gasteiger partial charge in [0.15, 0.2) is 0 Å². The maximum absolute atomic E-state index is 10.3. The summed E-state index contributed by atoms with van der Waals surface area (Å²) < 4.78 is 0. The third-order valence-corrected chi connectivity index (χ3v) is 1.58. The lowest BCUT2D eigenvalue weighted by Gasteiger charge is -2.02. The van der Waals surface area contributed by atoms with Gasteiger partial charge in [-0.3, -0.25) is 5.32 Å². The first-order chi connectivity index (χ1) is 6.58. The molecule has 0 saturated heterocycles. The molecule has 0 bridgehead atoms. The molecule has 14 heavy (non-hydrogen) atoms. The van der Waals surface area contributed by atoms with Gasteiger partial charge in [-0.25, -0.2) is 9.78 Å². The van der Waals surface area contributed by atoms with E-state index in [0.29, 0.717) is 11.4 Å². The summed E-state index contributed by atoms with van der Waals surface area (Å²) in [6.45, 7) is 0. The van der Waals surface area contributed by atoms with Crippen LogP contribution in [-0.2, 0) is 6.42 Å². The van der Waals surface area contributed by atoms with E-state index in [1.165, 1.54) is 6.20 Å². The Hall–Kier alpha value is -1.69. The van der Waals surface area contributed by atoms with Crippen LogP contribution in [0.1, 0.15) is 5.56 Å². The number of thiocarbonyl (C=S) groups is 1. The summed E-state index contributed by atoms with van der Waals surface area (Å²) in [6.07, 6.45) is 0.787. The first-order valence-electron chi connectivity index (χ1n) is 3.81. The molecule has 1 heterocycles. The van der Waals surface area contributed by atoms with Crippen LogP contribution in [0.15, 0.2) is 18.3 Å². The van der Waals surface area contributed by atoms with E-state index >= 15 is 0 Å². The molecule has 0 aliphatic rings. The van der Waals surface area contributed by atoms with Crippen molar-refractivity contribution in [1.82, 2.24) is 4.98 Å². The molecule has 74 valence electrons. The number of aromatic nitrogens is 1. The molecule has 1 rings (SSSR count). The van der Waals surface area contributed by atoms with Crippen LogP contribution in [0.5, 0.6) is 0 Å². The third kappa shape index (κ3) is 3.36. The maximum Gasteiger partial charge on any atom is 0.410 e. The van der Waals surface area contributed by atoms with Crippen LogP contribution >= 0.6 is 12.2 Å². The zero-order valence-corrected chi connectivity index (χ0v) is 8.04. The van der Waals surface area contributed by atoms with E-state index in [-0.39, 0.29) is 5.82 Å². The summed E-state index contributed by atoms with van der Waals surface area (Å²) in [4.78, 5) is 14.5. The highest BCUT2D eigenvalue weighted by molar-refractivity contribution is 7.80. The van der Waals surface area contributed by atoms with Gasteiger partial charge in [0.1, 0.15) is 5.82 Å². The van der Waals surface area contributed by atoms with Crippen molar-refractivity contribution in [1.29, 1.82) is 0 Å². The number of amides is 1. The van der Waals surface area contributed by atoms with Gasteiger partial charge in [0.05, 0.1) is 4.99 Å². The highest BCUT2D eigenvalue weighted by Gasteiger charge is 2.01. The van der Waals surface area contributed by atoms with Crippen molar-refractivity contribution >= 4 is 29.1 Å². The first-order valence-corrected chi connectivity index (χ1v) is 4.22. The molecular formula is C8H9N3O2S. The summed E-state index contributed by atoms with van der Waals surface area (Å²) in [6, 6.07) is 3.32. The molecule has 1 aromatic rings. The SMILES string of the molecule is NC(=S)Cc1ccnc(NC(=O)O)c1. The van der Waals surface area contributed by atoms with E-state index < -0.39 is 6.09 Å². The Labute approximate surface area is 86.0 Å². The largest absolute Gasteiger partial charge is 0.465 e. The van der Waals surface area contributed by atoms with E-state index in [2.05, 4.69) is 10.3 Å². The summed E-state index contributed by atoms with van der Waals surface area (Å²) in [7, 11) is 0. The Balaban J connectivity index is 2.78. The predicted molar refractivity (Wildman–Crippen MR) is 56.4 cm³/mol. The van der Waals surface area contributed by atoms with Crippen molar-refractivity contribution < 1.29 is 9.90 Å². The van der Waals surface area contributed by atoms with Crippen molar-refractivity contribution in [2.75, 3.05) is 5.32 Å². The maximum atomic E-state index is 10.3. The number of hydrogen-bond acceptors (Lipinski definition) is 3. The first kappa shape index (κ1) is 10.4. The van der Waals surface area contributed by atoms with Crippen LogP contribution in [0.3, 0.4) is 0 Å². The molecule has 5 nitrogen and oxygen atoms in total. The molecule has 1 amide bonds. The minimum atomic E-state index is -1.15. The van der Waals surface area contributed by atoms with E-state index in [1.807, 2.05) is 0 Å². The Kier molecular flexibility index (Phi) is 3.35. The minimum absolute atomic E-state index is 0.270. The zero-order chi connectivity index (χ0) is 10.6. The lowest BCUT2D eigenvalue weighted by molar-refractivity contribution is 0.209. The molecule has 0 aliphatic carbocycles. The second-order valence-electron chi connectivity index (χ2n) is 2.62. The van der Waals surface area contributed by atoms with Crippen molar-refractivity contribution in [3.05, 3.63) is 23.9 Å². The van der Waals surface area contributed by atoms with Crippen LogP contribution in [0.25, 0.3) is 0 Å². The molecular weight excluding hydrogens is 202 g/mol. The molecule has 4 N–H and O–H groups in total. The number of anilines is 1. The summed E-state index contributed by atoms with van der Waals surface area (Å²) in [5, 5.41) is 10.6. The van der Waals surface area contributed by atoms with Crippen molar-refractivity contribution in [3.8, 4) is 0 Å². The predicted octanol–water partition coefficient (Wildman–Crippen LogP) is 1.00. The number of pyridine rings is 1. The number of nitrogens with zero attached hydrogens (tertiary/aromatic N) is 1. The van der Waals surface area contributed by atoms with Crippen LogP contribution in [0.2, 0.25) is 0 Å².